The lowest BCUT2D eigenvalue weighted by molar-refractivity contribution is 0.0697. The summed E-state index contributed by atoms with van der Waals surface area (Å²) in [6, 6.07) is 4.94. The van der Waals surface area contributed by atoms with Gasteiger partial charge in [-0.15, -0.1) is 0 Å². The predicted octanol–water partition coefficient (Wildman–Crippen LogP) is 2.11. The maximum atomic E-state index is 11.0. The maximum Gasteiger partial charge on any atom is 0.337 e. The minimum atomic E-state index is -1.04. The van der Waals surface area contributed by atoms with E-state index in [2.05, 4.69) is 10.3 Å². The number of hydrogen-bond acceptors (Lipinski definition) is 4. The summed E-state index contributed by atoms with van der Waals surface area (Å²) in [6.07, 6.45) is 3.50. The lowest BCUT2D eigenvalue weighted by Crippen LogP contribution is -2.12. The number of carbonyl (C=O) groups is 1. The number of carboxylic acid groups (broad SMARTS) is 1. The Hall–Kier alpha value is -2.00. The van der Waals surface area contributed by atoms with Crippen LogP contribution in [0.15, 0.2) is 23.2 Å². The summed E-state index contributed by atoms with van der Waals surface area (Å²) in [7, 11) is 0. The molecule has 0 aromatic heterocycles. The fourth-order valence-corrected chi connectivity index (χ4v) is 1.54. The Morgan fingerprint density at radius 2 is 2.29 bits per heavy atom. The van der Waals surface area contributed by atoms with Gasteiger partial charge in [0.2, 0.25) is 0 Å². The third kappa shape index (κ3) is 3.50. The van der Waals surface area contributed by atoms with Gasteiger partial charge in [0.25, 0.3) is 0 Å². The number of aryl methyl sites for hydroxylation is 1. The molecule has 0 bridgehead atoms. The van der Waals surface area contributed by atoms with Crippen molar-refractivity contribution in [2.45, 2.75) is 6.92 Å². The summed E-state index contributed by atoms with van der Waals surface area (Å²) in [5, 5.41) is 20.3. The molecule has 0 amide bonds. The molecule has 0 heterocycles. The summed E-state index contributed by atoms with van der Waals surface area (Å²) in [5.74, 6) is -1.04. The molecule has 0 fully saturated rings. The number of amidine groups is 1. The van der Waals surface area contributed by atoms with E-state index in [-0.39, 0.29) is 5.56 Å². The smallest absolute Gasteiger partial charge is 0.337 e. The van der Waals surface area contributed by atoms with E-state index in [1.807, 2.05) is 6.92 Å². The van der Waals surface area contributed by atoms with Crippen LogP contribution in [-0.2, 0) is 0 Å². The second-order valence-electron chi connectivity index (χ2n) is 3.18. The molecule has 5 nitrogen and oxygen atoms in total. The van der Waals surface area contributed by atoms with Gasteiger partial charge >= 0.3 is 5.97 Å². The Morgan fingerprint density at radius 3 is 2.82 bits per heavy atom. The van der Waals surface area contributed by atoms with Crippen LogP contribution in [0.3, 0.4) is 0 Å². The number of rotatable bonds is 2. The number of nitrogens with one attached hydrogen (secondary N) is 1. The number of aromatic carboxylic acids is 1. The first kappa shape index (κ1) is 13.1. The predicted molar refractivity (Wildman–Crippen MR) is 67.5 cm³/mol. The van der Waals surface area contributed by atoms with Gasteiger partial charge in [0, 0.05) is 0 Å². The first-order valence-electron chi connectivity index (χ1n) is 4.70. The molecular formula is C11H11N3O2S. The molecule has 0 atom stereocenters. The van der Waals surface area contributed by atoms with Crippen LogP contribution in [0.25, 0.3) is 0 Å². The summed E-state index contributed by atoms with van der Waals surface area (Å²) in [4.78, 5) is 15.1. The zero-order valence-electron chi connectivity index (χ0n) is 9.39. The van der Waals surface area contributed by atoms with Crippen LogP contribution >= 0.6 is 11.8 Å². The monoisotopic (exact) mass is 249 g/mol. The highest BCUT2D eigenvalue weighted by atomic mass is 32.2. The fraction of sp³-hybridized carbons (Fsp3) is 0.182. The van der Waals surface area contributed by atoms with Gasteiger partial charge in [-0.05, 0) is 25.3 Å². The SMILES string of the molecule is CSC(=Nc1ccc(C)cc1C(=O)O)NC#N. The van der Waals surface area contributed by atoms with Crippen molar-refractivity contribution in [1.82, 2.24) is 5.32 Å². The number of hydrogen-bond donors (Lipinski definition) is 2. The zero-order chi connectivity index (χ0) is 12.8. The average molecular weight is 249 g/mol. The average Bonchev–Trinajstić information content (AvgIpc) is 2.30. The topological polar surface area (TPSA) is 85.5 Å². The van der Waals surface area contributed by atoms with Crippen LogP contribution in [0, 0.1) is 18.4 Å². The van der Waals surface area contributed by atoms with Crippen LogP contribution in [0.2, 0.25) is 0 Å². The molecule has 17 heavy (non-hydrogen) atoms. The number of nitrogens with zero attached hydrogens (tertiary/aromatic N) is 2. The highest BCUT2D eigenvalue weighted by Gasteiger charge is 2.10. The Bertz CT molecular complexity index is 506. The van der Waals surface area contributed by atoms with Gasteiger partial charge in [-0.3, -0.25) is 5.32 Å². The molecule has 2 N–H and O–H groups in total. The lowest BCUT2D eigenvalue weighted by atomic mass is 10.1. The third-order valence-electron chi connectivity index (χ3n) is 1.96. The van der Waals surface area contributed by atoms with E-state index < -0.39 is 5.97 Å². The molecule has 0 aliphatic carbocycles. The van der Waals surface area contributed by atoms with E-state index in [1.165, 1.54) is 11.8 Å². The first-order chi connectivity index (χ1) is 8.08. The van der Waals surface area contributed by atoms with Crippen LogP contribution < -0.4 is 5.32 Å². The van der Waals surface area contributed by atoms with Gasteiger partial charge in [-0.2, -0.15) is 5.26 Å². The summed E-state index contributed by atoms with van der Waals surface area (Å²) in [5.41, 5.74) is 1.30. The number of thioether (sulfide) groups is 1. The van der Waals surface area contributed by atoms with Crippen LogP contribution in [-0.4, -0.2) is 22.5 Å². The van der Waals surface area contributed by atoms with Crippen LogP contribution in [0.5, 0.6) is 0 Å². The zero-order valence-corrected chi connectivity index (χ0v) is 10.2. The molecule has 0 unspecified atom stereocenters. The summed E-state index contributed by atoms with van der Waals surface area (Å²) in [6.45, 7) is 1.81. The molecule has 0 radical (unpaired) electrons. The molecule has 1 aromatic carbocycles. The summed E-state index contributed by atoms with van der Waals surface area (Å²) >= 11 is 1.24. The van der Waals surface area contributed by atoms with E-state index >= 15 is 0 Å². The Labute approximate surface area is 103 Å². The Morgan fingerprint density at radius 1 is 1.59 bits per heavy atom. The Balaban J connectivity index is 3.22. The van der Waals surface area contributed by atoms with Gasteiger partial charge in [0.15, 0.2) is 11.4 Å². The molecule has 0 saturated heterocycles. The van der Waals surface area contributed by atoms with Crippen molar-refractivity contribution in [1.29, 1.82) is 5.26 Å². The van der Waals surface area contributed by atoms with Crippen molar-refractivity contribution in [3.63, 3.8) is 0 Å². The molecule has 0 aliphatic rings. The molecular weight excluding hydrogens is 238 g/mol. The largest absolute Gasteiger partial charge is 0.478 e. The van der Waals surface area contributed by atoms with Crippen molar-refractivity contribution < 1.29 is 9.90 Å². The number of carboxylic acids is 1. The van der Waals surface area contributed by atoms with Crippen molar-refractivity contribution in [2.24, 2.45) is 4.99 Å². The number of benzene rings is 1. The van der Waals surface area contributed by atoms with E-state index in [4.69, 9.17) is 10.4 Å². The van der Waals surface area contributed by atoms with Crippen molar-refractivity contribution in [3.8, 4) is 6.19 Å². The van der Waals surface area contributed by atoms with Gasteiger partial charge in [-0.25, -0.2) is 9.79 Å². The molecule has 1 rings (SSSR count). The molecule has 0 saturated carbocycles. The fourth-order valence-electron chi connectivity index (χ4n) is 1.20. The molecule has 88 valence electrons. The quantitative estimate of drug-likeness (QED) is 0.363. The lowest BCUT2D eigenvalue weighted by Gasteiger charge is -2.04. The maximum absolute atomic E-state index is 11.0. The van der Waals surface area contributed by atoms with E-state index in [9.17, 15) is 4.79 Å². The van der Waals surface area contributed by atoms with Gasteiger partial charge < -0.3 is 5.11 Å². The normalized spacial score (nSPS) is 10.8. The highest BCUT2D eigenvalue weighted by Crippen LogP contribution is 2.21. The van der Waals surface area contributed by atoms with E-state index in [0.29, 0.717) is 10.9 Å². The third-order valence-corrected chi connectivity index (χ3v) is 2.54. The Kier molecular flexibility index (Phi) is 4.55. The number of nitriles is 1. The molecule has 0 spiro atoms. The van der Waals surface area contributed by atoms with Crippen LogP contribution in [0.4, 0.5) is 5.69 Å². The van der Waals surface area contributed by atoms with Gasteiger partial charge in [0.05, 0.1) is 11.3 Å². The van der Waals surface area contributed by atoms with Crippen molar-refractivity contribution in [2.75, 3.05) is 6.26 Å². The first-order valence-corrected chi connectivity index (χ1v) is 5.92. The second-order valence-corrected chi connectivity index (χ2v) is 3.98. The highest BCUT2D eigenvalue weighted by molar-refractivity contribution is 8.13. The summed E-state index contributed by atoms with van der Waals surface area (Å²) < 4.78 is 0. The molecule has 1 aromatic rings. The van der Waals surface area contributed by atoms with Crippen molar-refractivity contribution in [3.05, 3.63) is 29.3 Å². The molecule has 6 heteroatoms. The minimum Gasteiger partial charge on any atom is -0.478 e. The molecule has 0 aliphatic heterocycles. The van der Waals surface area contributed by atoms with Gasteiger partial charge in [-0.1, -0.05) is 23.4 Å². The number of aliphatic imine (C=N–C) groups is 1. The minimum absolute atomic E-state index is 0.122. The van der Waals surface area contributed by atoms with Crippen LogP contribution in [0.1, 0.15) is 15.9 Å². The second kappa shape index (κ2) is 5.92. The van der Waals surface area contributed by atoms with Crippen molar-refractivity contribution >= 4 is 28.6 Å². The standard InChI is InChI=1S/C11H11N3O2S/c1-7-3-4-9(8(5-7)10(15)16)14-11(17-2)13-6-12/h3-5H,1-2H3,(H,13,14)(H,15,16). The van der Waals surface area contributed by atoms with E-state index in [0.717, 1.165) is 5.56 Å². The van der Waals surface area contributed by atoms with E-state index in [1.54, 1.807) is 30.6 Å². The van der Waals surface area contributed by atoms with Gasteiger partial charge in [0.1, 0.15) is 0 Å².